The van der Waals surface area contributed by atoms with E-state index < -0.39 is 10.0 Å². The molecular weight excluding hydrogens is 456 g/mol. The summed E-state index contributed by atoms with van der Waals surface area (Å²) in [6.45, 7) is 5.14. The van der Waals surface area contributed by atoms with Crippen LogP contribution in [0.2, 0.25) is 5.02 Å². The van der Waals surface area contributed by atoms with Crippen molar-refractivity contribution in [2.24, 2.45) is 5.92 Å². The first-order chi connectivity index (χ1) is 15.2. The number of nitrogens with zero attached hydrogens (tertiary/aromatic N) is 2. The van der Waals surface area contributed by atoms with Gasteiger partial charge >= 0.3 is 0 Å². The monoisotopic (exact) mass is 486 g/mol. The number of nitrogens with one attached hydrogen (secondary N) is 1. The molecule has 1 amide bonds. The van der Waals surface area contributed by atoms with Gasteiger partial charge in [0.25, 0.3) is 5.91 Å². The highest BCUT2D eigenvalue weighted by Crippen LogP contribution is 2.38. The van der Waals surface area contributed by atoms with Gasteiger partial charge in [0.15, 0.2) is 0 Å². The largest absolute Gasteiger partial charge is 0.492 e. The first-order valence-corrected chi connectivity index (χ1v) is 13.3. The molecule has 3 aliphatic heterocycles. The van der Waals surface area contributed by atoms with Crippen LogP contribution in [0, 0.1) is 5.92 Å². The van der Waals surface area contributed by atoms with E-state index in [1.165, 1.54) is 6.26 Å². The third-order valence-electron chi connectivity index (χ3n) is 6.49. The number of anilines is 1. The summed E-state index contributed by atoms with van der Waals surface area (Å²) >= 11 is 6.21. The summed E-state index contributed by atoms with van der Waals surface area (Å²) in [5.41, 5.74) is 7.69. The maximum atomic E-state index is 12.8. The fourth-order valence-electron chi connectivity index (χ4n) is 4.70. The van der Waals surface area contributed by atoms with Crippen molar-refractivity contribution in [3.8, 4) is 5.75 Å². The van der Waals surface area contributed by atoms with Crippen LogP contribution in [0.3, 0.4) is 0 Å². The number of fused-ring (bicyclic) bond motifs is 1. The number of halogens is 1. The summed E-state index contributed by atoms with van der Waals surface area (Å²) in [4.78, 5) is 15.2. The van der Waals surface area contributed by atoms with Gasteiger partial charge in [0, 0.05) is 51.3 Å². The number of rotatable bonds is 6. The lowest BCUT2D eigenvalue weighted by atomic mass is 9.97. The summed E-state index contributed by atoms with van der Waals surface area (Å²) < 4.78 is 36.4. The summed E-state index contributed by atoms with van der Waals surface area (Å²) in [6.07, 6.45) is 3.55. The number of carbonyl (C=O) groups excluding carboxylic acids is 1. The van der Waals surface area contributed by atoms with Crippen LogP contribution in [0.1, 0.15) is 28.8 Å². The zero-order valence-electron chi connectivity index (χ0n) is 18.3. The number of nitrogens with two attached hydrogens (primary N) is 1. The minimum absolute atomic E-state index is 0.109. The van der Waals surface area contributed by atoms with Gasteiger partial charge in [0.05, 0.1) is 41.8 Å². The third-order valence-corrected chi connectivity index (χ3v) is 8.10. The molecule has 3 N–H and O–H groups in total. The highest BCUT2D eigenvalue weighted by Gasteiger charge is 2.29. The normalized spacial score (nSPS) is 23.0. The number of sulfonamides is 1. The van der Waals surface area contributed by atoms with Gasteiger partial charge in [0.2, 0.25) is 10.0 Å². The zero-order chi connectivity index (χ0) is 22.9. The van der Waals surface area contributed by atoms with Gasteiger partial charge in [-0.3, -0.25) is 9.69 Å². The molecule has 3 aliphatic rings. The minimum Gasteiger partial charge on any atom is -0.492 e. The van der Waals surface area contributed by atoms with Crippen molar-refractivity contribution in [1.29, 1.82) is 0 Å². The molecule has 0 radical (unpaired) electrons. The standard InChI is InChI=1S/C21H31ClN4O5S/c1-32(28,29)26-5-2-14(3-6-26)12-25-7-9-30-15(13-25)11-24-21(27)17-10-18(22)19(23)16-4-8-31-20(16)17/h10,14-15H,2-9,11-13,23H2,1H3,(H,24,27). The molecular formula is C21H31ClN4O5S. The van der Waals surface area contributed by atoms with Crippen molar-refractivity contribution in [2.75, 3.05) is 64.5 Å². The molecule has 9 nitrogen and oxygen atoms in total. The molecule has 0 aromatic heterocycles. The predicted octanol–water partition coefficient (Wildman–Crippen LogP) is 0.959. The van der Waals surface area contributed by atoms with E-state index in [1.54, 1.807) is 10.4 Å². The van der Waals surface area contributed by atoms with Crippen molar-refractivity contribution in [1.82, 2.24) is 14.5 Å². The molecule has 2 fully saturated rings. The number of carbonyl (C=O) groups is 1. The van der Waals surface area contributed by atoms with Crippen LogP contribution < -0.4 is 15.8 Å². The number of piperidine rings is 1. The molecule has 32 heavy (non-hydrogen) atoms. The van der Waals surface area contributed by atoms with Crippen LogP contribution in [0.4, 0.5) is 5.69 Å². The fraction of sp³-hybridized carbons (Fsp3) is 0.667. The van der Waals surface area contributed by atoms with Gasteiger partial charge in [-0.1, -0.05) is 11.6 Å². The minimum atomic E-state index is -3.10. The molecule has 0 spiro atoms. The van der Waals surface area contributed by atoms with E-state index in [-0.39, 0.29) is 12.0 Å². The van der Waals surface area contributed by atoms with E-state index in [0.717, 1.165) is 38.0 Å². The molecule has 178 valence electrons. The Kier molecular flexibility index (Phi) is 7.16. The second-order valence-electron chi connectivity index (χ2n) is 8.79. The molecule has 0 aliphatic carbocycles. The van der Waals surface area contributed by atoms with Gasteiger partial charge in [0.1, 0.15) is 5.75 Å². The molecule has 2 saturated heterocycles. The predicted molar refractivity (Wildman–Crippen MR) is 123 cm³/mol. The molecule has 1 atom stereocenters. The van der Waals surface area contributed by atoms with Crippen molar-refractivity contribution in [3.63, 3.8) is 0 Å². The highest BCUT2D eigenvalue weighted by molar-refractivity contribution is 7.88. The zero-order valence-corrected chi connectivity index (χ0v) is 19.9. The van der Waals surface area contributed by atoms with E-state index in [0.29, 0.717) is 67.2 Å². The Hall–Kier alpha value is -1.59. The average Bonchev–Trinajstić information content (AvgIpc) is 3.25. The van der Waals surface area contributed by atoms with E-state index in [1.807, 2.05) is 0 Å². The molecule has 0 bridgehead atoms. The quantitative estimate of drug-likeness (QED) is 0.575. The second-order valence-corrected chi connectivity index (χ2v) is 11.2. The first kappa shape index (κ1) is 23.6. The van der Waals surface area contributed by atoms with Crippen LogP contribution in [0.25, 0.3) is 0 Å². The molecule has 0 saturated carbocycles. The topological polar surface area (TPSA) is 114 Å². The van der Waals surface area contributed by atoms with Crippen LogP contribution >= 0.6 is 11.6 Å². The number of amides is 1. The lowest BCUT2D eigenvalue weighted by Gasteiger charge is -2.37. The lowest BCUT2D eigenvalue weighted by Crippen LogP contribution is -2.49. The maximum absolute atomic E-state index is 12.8. The van der Waals surface area contributed by atoms with Crippen molar-refractivity contribution >= 4 is 33.2 Å². The number of hydrogen-bond donors (Lipinski definition) is 2. The van der Waals surface area contributed by atoms with Crippen molar-refractivity contribution < 1.29 is 22.7 Å². The molecule has 1 unspecified atom stereocenters. The second kappa shape index (κ2) is 9.72. The van der Waals surface area contributed by atoms with Crippen molar-refractivity contribution in [2.45, 2.75) is 25.4 Å². The Morgan fingerprint density at radius 3 is 2.75 bits per heavy atom. The van der Waals surface area contributed by atoms with Crippen LogP contribution in [-0.2, 0) is 21.2 Å². The summed E-state index contributed by atoms with van der Waals surface area (Å²) in [7, 11) is -3.10. The Labute approximate surface area is 194 Å². The van der Waals surface area contributed by atoms with E-state index >= 15 is 0 Å². The third kappa shape index (κ3) is 5.31. The van der Waals surface area contributed by atoms with Gasteiger partial charge in [-0.2, -0.15) is 0 Å². The Morgan fingerprint density at radius 1 is 1.28 bits per heavy atom. The molecule has 4 rings (SSSR count). The smallest absolute Gasteiger partial charge is 0.255 e. The number of morpholine rings is 1. The SMILES string of the molecule is CS(=O)(=O)N1CCC(CN2CCOC(CNC(=O)c3cc(Cl)c(N)c4c3OCC4)C2)CC1. The lowest BCUT2D eigenvalue weighted by molar-refractivity contribution is -0.0327. The molecule has 1 aromatic carbocycles. The van der Waals surface area contributed by atoms with Crippen LogP contribution in [0.5, 0.6) is 5.75 Å². The van der Waals surface area contributed by atoms with Gasteiger partial charge in [-0.15, -0.1) is 0 Å². The van der Waals surface area contributed by atoms with E-state index in [9.17, 15) is 13.2 Å². The van der Waals surface area contributed by atoms with Crippen LogP contribution in [0.15, 0.2) is 6.07 Å². The Morgan fingerprint density at radius 2 is 2.03 bits per heavy atom. The Bertz CT molecular complexity index is 965. The Balaban J connectivity index is 1.28. The maximum Gasteiger partial charge on any atom is 0.255 e. The number of hydrogen-bond acceptors (Lipinski definition) is 7. The van der Waals surface area contributed by atoms with Crippen molar-refractivity contribution in [3.05, 3.63) is 22.2 Å². The van der Waals surface area contributed by atoms with E-state index in [4.69, 9.17) is 26.8 Å². The fourth-order valence-corrected chi connectivity index (χ4v) is 5.79. The van der Waals surface area contributed by atoms with E-state index in [2.05, 4.69) is 10.2 Å². The number of benzene rings is 1. The molecule has 3 heterocycles. The highest BCUT2D eigenvalue weighted by atomic mass is 35.5. The molecule has 1 aromatic rings. The number of nitrogen functional groups attached to an aromatic ring is 1. The summed E-state index contributed by atoms with van der Waals surface area (Å²) in [5.74, 6) is 0.743. The van der Waals surface area contributed by atoms with Gasteiger partial charge in [-0.05, 0) is 24.8 Å². The number of ether oxygens (including phenoxy) is 2. The molecule has 11 heteroatoms. The van der Waals surface area contributed by atoms with Gasteiger partial charge in [-0.25, -0.2) is 12.7 Å². The summed E-state index contributed by atoms with van der Waals surface area (Å²) in [6, 6.07) is 1.56. The first-order valence-electron chi connectivity index (χ1n) is 11.0. The van der Waals surface area contributed by atoms with Gasteiger partial charge < -0.3 is 20.5 Å². The van der Waals surface area contributed by atoms with Crippen LogP contribution in [-0.4, -0.2) is 88.4 Å². The summed E-state index contributed by atoms with van der Waals surface area (Å²) in [5, 5.41) is 3.31. The average molecular weight is 487 g/mol.